The highest BCUT2D eigenvalue weighted by atomic mass is 19.4. The molecule has 1 aromatic heterocycles. The number of nitrogens with two attached hydrogens (primary N) is 1. The molecule has 0 radical (unpaired) electrons. The van der Waals surface area contributed by atoms with E-state index < -0.39 is 18.6 Å². The number of anilines is 1. The van der Waals surface area contributed by atoms with E-state index in [1.165, 1.54) is 18.3 Å². The molecule has 0 spiro atoms. The van der Waals surface area contributed by atoms with Crippen LogP contribution in [0.15, 0.2) is 18.3 Å². The molecule has 1 aromatic rings. The molecule has 1 rings (SSSR count). The maximum absolute atomic E-state index is 12.3. The zero-order valence-electron chi connectivity index (χ0n) is 9.87. The van der Waals surface area contributed by atoms with Gasteiger partial charge in [-0.25, -0.2) is 4.98 Å². The molecule has 7 heteroatoms. The van der Waals surface area contributed by atoms with Crippen LogP contribution >= 0.6 is 0 Å². The van der Waals surface area contributed by atoms with Crippen molar-refractivity contribution < 1.29 is 18.0 Å². The SMILES string of the molecule is CCCN(CC(F)(F)F)C(=O)c1ccc(N)cn1. The van der Waals surface area contributed by atoms with Crippen molar-refractivity contribution in [1.29, 1.82) is 0 Å². The molecule has 0 saturated heterocycles. The van der Waals surface area contributed by atoms with Gasteiger partial charge >= 0.3 is 6.18 Å². The molecule has 2 N–H and O–H groups in total. The van der Waals surface area contributed by atoms with Crippen LogP contribution in [0.25, 0.3) is 0 Å². The van der Waals surface area contributed by atoms with Gasteiger partial charge in [-0.2, -0.15) is 13.2 Å². The number of nitrogen functional groups attached to an aromatic ring is 1. The van der Waals surface area contributed by atoms with Gasteiger partial charge < -0.3 is 10.6 Å². The average Bonchev–Trinajstić information content (AvgIpc) is 2.27. The molecule has 1 amide bonds. The molecule has 18 heavy (non-hydrogen) atoms. The molecule has 0 aliphatic heterocycles. The van der Waals surface area contributed by atoms with E-state index in [1.54, 1.807) is 6.92 Å². The predicted molar refractivity (Wildman–Crippen MR) is 60.9 cm³/mol. The minimum atomic E-state index is -4.42. The first kappa shape index (κ1) is 14.3. The van der Waals surface area contributed by atoms with E-state index >= 15 is 0 Å². The third-order valence-corrected chi connectivity index (χ3v) is 2.16. The van der Waals surface area contributed by atoms with Crippen LogP contribution in [0.2, 0.25) is 0 Å². The first-order chi connectivity index (χ1) is 8.33. The second kappa shape index (κ2) is 5.70. The molecule has 0 atom stereocenters. The van der Waals surface area contributed by atoms with Crippen molar-refractivity contribution in [3.63, 3.8) is 0 Å². The number of hydrogen-bond acceptors (Lipinski definition) is 3. The predicted octanol–water partition coefficient (Wildman–Crippen LogP) is 2.08. The van der Waals surface area contributed by atoms with Gasteiger partial charge in [0.05, 0.1) is 11.9 Å². The second-order valence-electron chi connectivity index (χ2n) is 3.82. The van der Waals surface area contributed by atoms with Crippen LogP contribution in [0, 0.1) is 0 Å². The lowest BCUT2D eigenvalue weighted by Crippen LogP contribution is -2.39. The molecule has 4 nitrogen and oxygen atoms in total. The molecule has 0 unspecified atom stereocenters. The van der Waals surface area contributed by atoms with Gasteiger partial charge in [-0.05, 0) is 18.6 Å². The normalized spacial score (nSPS) is 11.3. The highest BCUT2D eigenvalue weighted by Gasteiger charge is 2.33. The van der Waals surface area contributed by atoms with Crippen LogP contribution in [0.3, 0.4) is 0 Å². The summed E-state index contributed by atoms with van der Waals surface area (Å²) in [6.07, 6.45) is -2.74. The van der Waals surface area contributed by atoms with Crippen molar-refractivity contribution in [2.75, 3.05) is 18.8 Å². The van der Waals surface area contributed by atoms with Crippen molar-refractivity contribution in [1.82, 2.24) is 9.88 Å². The van der Waals surface area contributed by atoms with Crippen molar-refractivity contribution in [2.24, 2.45) is 0 Å². The summed E-state index contributed by atoms with van der Waals surface area (Å²) in [6.45, 7) is 0.462. The highest BCUT2D eigenvalue weighted by Crippen LogP contribution is 2.18. The maximum Gasteiger partial charge on any atom is 0.406 e. The molecule has 0 aliphatic carbocycles. The molecule has 100 valence electrons. The summed E-state index contributed by atoms with van der Waals surface area (Å²) in [6, 6.07) is 2.74. The Morgan fingerprint density at radius 2 is 2.11 bits per heavy atom. The Balaban J connectivity index is 2.85. The van der Waals surface area contributed by atoms with Crippen LogP contribution in [0.5, 0.6) is 0 Å². The molecular weight excluding hydrogens is 247 g/mol. The number of halogens is 3. The maximum atomic E-state index is 12.3. The first-order valence-corrected chi connectivity index (χ1v) is 5.41. The number of nitrogens with zero attached hydrogens (tertiary/aromatic N) is 2. The molecule has 1 heterocycles. The Morgan fingerprint density at radius 3 is 2.56 bits per heavy atom. The number of carbonyl (C=O) groups is 1. The molecule has 0 fully saturated rings. The smallest absolute Gasteiger partial charge is 0.397 e. The lowest BCUT2D eigenvalue weighted by Gasteiger charge is -2.23. The van der Waals surface area contributed by atoms with Crippen LogP contribution in [-0.4, -0.2) is 35.1 Å². The topological polar surface area (TPSA) is 59.2 Å². The van der Waals surface area contributed by atoms with Gasteiger partial charge in [0.2, 0.25) is 0 Å². The molecule has 0 aromatic carbocycles. The monoisotopic (exact) mass is 261 g/mol. The molecule has 0 aliphatic rings. The Hall–Kier alpha value is -1.79. The molecule has 0 saturated carbocycles. The van der Waals surface area contributed by atoms with E-state index in [9.17, 15) is 18.0 Å². The second-order valence-corrected chi connectivity index (χ2v) is 3.82. The molecule has 0 bridgehead atoms. The fourth-order valence-electron chi connectivity index (χ4n) is 1.43. The number of pyridine rings is 1. The zero-order chi connectivity index (χ0) is 13.8. The Kier molecular flexibility index (Phi) is 4.52. The standard InChI is InChI=1S/C11H14F3N3O/c1-2-5-17(7-11(12,13)14)10(18)9-4-3-8(15)6-16-9/h3-4,6H,2,5,7,15H2,1H3. The fourth-order valence-corrected chi connectivity index (χ4v) is 1.43. The molecular formula is C11H14F3N3O. The minimum absolute atomic E-state index is 0.0321. The first-order valence-electron chi connectivity index (χ1n) is 5.41. The van der Waals surface area contributed by atoms with Crippen LogP contribution < -0.4 is 5.73 Å². The quantitative estimate of drug-likeness (QED) is 0.902. The van der Waals surface area contributed by atoms with Gasteiger partial charge in [-0.3, -0.25) is 4.79 Å². The van der Waals surface area contributed by atoms with Crippen LogP contribution in [0.4, 0.5) is 18.9 Å². The van der Waals surface area contributed by atoms with Crippen molar-refractivity contribution >= 4 is 11.6 Å². The van der Waals surface area contributed by atoms with Gasteiger partial charge in [0.25, 0.3) is 5.91 Å². The van der Waals surface area contributed by atoms with Gasteiger partial charge in [0.15, 0.2) is 0 Å². The van der Waals surface area contributed by atoms with E-state index in [0.717, 1.165) is 4.90 Å². The van der Waals surface area contributed by atoms with E-state index in [2.05, 4.69) is 4.98 Å². The Bertz CT molecular complexity index is 403. The third-order valence-electron chi connectivity index (χ3n) is 2.16. The lowest BCUT2D eigenvalue weighted by molar-refractivity contribution is -0.140. The summed E-state index contributed by atoms with van der Waals surface area (Å²) in [4.78, 5) is 16.3. The summed E-state index contributed by atoms with van der Waals surface area (Å²) in [7, 11) is 0. The number of alkyl halides is 3. The highest BCUT2D eigenvalue weighted by molar-refractivity contribution is 5.92. The van der Waals surface area contributed by atoms with Gasteiger partial charge in [0.1, 0.15) is 12.2 Å². The summed E-state index contributed by atoms with van der Waals surface area (Å²) in [5.74, 6) is -0.742. The third kappa shape index (κ3) is 4.23. The number of aromatic nitrogens is 1. The van der Waals surface area contributed by atoms with Crippen LogP contribution in [-0.2, 0) is 0 Å². The summed E-state index contributed by atoms with van der Waals surface area (Å²) in [5.41, 5.74) is 5.71. The van der Waals surface area contributed by atoms with Crippen LogP contribution in [0.1, 0.15) is 23.8 Å². The Labute approximate surface area is 103 Å². The summed E-state index contributed by atoms with van der Waals surface area (Å²) < 4.78 is 37.0. The van der Waals surface area contributed by atoms with E-state index in [4.69, 9.17) is 5.73 Å². The number of rotatable bonds is 4. The van der Waals surface area contributed by atoms with Crippen molar-refractivity contribution in [3.8, 4) is 0 Å². The average molecular weight is 261 g/mol. The lowest BCUT2D eigenvalue weighted by atomic mass is 10.3. The minimum Gasteiger partial charge on any atom is -0.397 e. The number of hydrogen-bond donors (Lipinski definition) is 1. The van der Waals surface area contributed by atoms with Crippen molar-refractivity contribution in [2.45, 2.75) is 19.5 Å². The number of amides is 1. The zero-order valence-corrected chi connectivity index (χ0v) is 9.87. The van der Waals surface area contributed by atoms with Crippen molar-refractivity contribution in [3.05, 3.63) is 24.0 Å². The fraction of sp³-hybridized carbons (Fsp3) is 0.455. The van der Waals surface area contributed by atoms with Gasteiger partial charge in [0, 0.05) is 6.54 Å². The summed E-state index contributed by atoms with van der Waals surface area (Å²) in [5, 5.41) is 0. The largest absolute Gasteiger partial charge is 0.406 e. The van der Waals surface area contributed by atoms with E-state index in [-0.39, 0.29) is 12.2 Å². The summed E-state index contributed by atoms with van der Waals surface area (Å²) >= 11 is 0. The Morgan fingerprint density at radius 1 is 1.44 bits per heavy atom. The van der Waals surface area contributed by atoms with E-state index in [0.29, 0.717) is 12.1 Å². The van der Waals surface area contributed by atoms with Gasteiger partial charge in [-0.1, -0.05) is 6.92 Å². The van der Waals surface area contributed by atoms with Gasteiger partial charge in [-0.15, -0.1) is 0 Å². The van der Waals surface area contributed by atoms with E-state index in [1.807, 2.05) is 0 Å². The number of carbonyl (C=O) groups excluding carboxylic acids is 1.